The predicted molar refractivity (Wildman–Crippen MR) is 83.2 cm³/mol. The third kappa shape index (κ3) is 4.05. The van der Waals surface area contributed by atoms with Crippen LogP contribution in [0.5, 0.6) is 0 Å². The van der Waals surface area contributed by atoms with Crippen LogP contribution < -0.4 is 16.4 Å². The molecule has 0 atom stereocenters. The third-order valence-corrected chi connectivity index (χ3v) is 3.13. The topological polar surface area (TPSA) is 67.1 Å². The van der Waals surface area contributed by atoms with Gasteiger partial charge in [-0.3, -0.25) is 0 Å². The predicted octanol–water partition coefficient (Wildman–Crippen LogP) is 3.90. The summed E-state index contributed by atoms with van der Waals surface area (Å²) in [4.78, 5) is 11.8. The molecular weight excluding hydrogens is 297 g/mol. The SMILES string of the molecule is Nc1ccc(NC(=O)NCc2cccc(Cl)c2)c(Cl)c1. The summed E-state index contributed by atoms with van der Waals surface area (Å²) < 4.78 is 0. The number of benzene rings is 2. The number of nitrogen functional groups attached to an aromatic ring is 1. The van der Waals surface area contributed by atoms with Gasteiger partial charge in [0.15, 0.2) is 0 Å². The van der Waals surface area contributed by atoms with E-state index in [-0.39, 0.29) is 6.03 Å². The fourth-order valence-corrected chi connectivity index (χ4v) is 2.08. The van der Waals surface area contributed by atoms with Crippen molar-refractivity contribution in [1.29, 1.82) is 0 Å². The summed E-state index contributed by atoms with van der Waals surface area (Å²) in [5, 5.41) is 6.39. The van der Waals surface area contributed by atoms with Crippen molar-refractivity contribution >= 4 is 40.6 Å². The third-order valence-electron chi connectivity index (χ3n) is 2.58. The molecule has 2 aromatic carbocycles. The van der Waals surface area contributed by atoms with E-state index in [9.17, 15) is 4.79 Å². The summed E-state index contributed by atoms with van der Waals surface area (Å²) in [5.41, 5.74) is 7.54. The molecule has 104 valence electrons. The van der Waals surface area contributed by atoms with Crippen molar-refractivity contribution in [2.45, 2.75) is 6.54 Å². The van der Waals surface area contributed by atoms with E-state index in [4.69, 9.17) is 28.9 Å². The Bertz CT molecular complexity index is 632. The average Bonchev–Trinajstić information content (AvgIpc) is 2.40. The Morgan fingerprint density at radius 2 is 1.95 bits per heavy atom. The molecule has 0 aromatic heterocycles. The maximum atomic E-state index is 11.8. The largest absolute Gasteiger partial charge is 0.399 e. The minimum absolute atomic E-state index is 0.350. The minimum atomic E-state index is -0.350. The van der Waals surface area contributed by atoms with Gasteiger partial charge in [0.2, 0.25) is 0 Å². The molecule has 0 unspecified atom stereocenters. The number of halogens is 2. The van der Waals surface area contributed by atoms with Crippen LogP contribution in [0, 0.1) is 0 Å². The second-order valence-corrected chi connectivity index (χ2v) is 5.02. The van der Waals surface area contributed by atoms with Gasteiger partial charge in [0, 0.05) is 17.3 Å². The average molecular weight is 310 g/mol. The highest BCUT2D eigenvalue weighted by Gasteiger charge is 2.05. The van der Waals surface area contributed by atoms with Gasteiger partial charge in [-0.05, 0) is 35.9 Å². The number of carbonyl (C=O) groups excluding carboxylic acids is 1. The zero-order valence-electron chi connectivity index (χ0n) is 10.5. The van der Waals surface area contributed by atoms with Gasteiger partial charge in [-0.15, -0.1) is 0 Å². The first-order chi connectivity index (χ1) is 9.54. The molecule has 0 aliphatic rings. The molecule has 0 radical (unpaired) electrons. The van der Waals surface area contributed by atoms with E-state index in [0.29, 0.717) is 28.0 Å². The molecule has 6 heteroatoms. The molecule has 0 bridgehead atoms. The number of hydrogen-bond donors (Lipinski definition) is 3. The summed E-state index contributed by atoms with van der Waals surface area (Å²) in [6.07, 6.45) is 0. The van der Waals surface area contributed by atoms with Crippen molar-refractivity contribution in [2.24, 2.45) is 0 Å². The Labute approximate surface area is 126 Å². The molecule has 2 amide bonds. The number of anilines is 2. The lowest BCUT2D eigenvalue weighted by Gasteiger charge is -2.09. The first-order valence-electron chi connectivity index (χ1n) is 5.89. The molecule has 2 rings (SSSR count). The number of urea groups is 1. The second kappa shape index (κ2) is 6.50. The van der Waals surface area contributed by atoms with E-state index >= 15 is 0 Å². The number of hydrogen-bond acceptors (Lipinski definition) is 2. The number of carbonyl (C=O) groups is 1. The normalized spacial score (nSPS) is 10.1. The molecule has 20 heavy (non-hydrogen) atoms. The first kappa shape index (κ1) is 14.5. The molecule has 0 saturated heterocycles. The number of rotatable bonds is 3. The fourth-order valence-electron chi connectivity index (χ4n) is 1.63. The minimum Gasteiger partial charge on any atom is -0.399 e. The summed E-state index contributed by atoms with van der Waals surface area (Å²) in [6, 6.07) is 11.8. The van der Waals surface area contributed by atoms with E-state index in [2.05, 4.69) is 10.6 Å². The molecule has 0 aliphatic carbocycles. The molecule has 4 N–H and O–H groups in total. The van der Waals surface area contributed by atoms with Gasteiger partial charge in [-0.25, -0.2) is 4.79 Å². The summed E-state index contributed by atoms with van der Waals surface area (Å²) >= 11 is 11.8. The van der Waals surface area contributed by atoms with Crippen molar-refractivity contribution in [3.8, 4) is 0 Å². The summed E-state index contributed by atoms with van der Waals surface area (Å²) in [7, 11) is 0. The van der Waals surface area contributed by atoms with Crippen LogP contribution >= 0.6 is 23.2 Å². The monoisotopic (exact) mass is 309 g/mol. The van der Waals surface area contributed by atoms with Gasteiger partial charge < -0.3 is 16.4 Å². The van der Waals surface area contributed by atoms with Crippen LogP contribution in [0.3, 0.4) is 0 Å². The van der Waals surface area contributed by atoms with Gasteiger partial charge >= 0.3 is 6.03 Å². The maximum Gasteiger partial charge on any atom is 0.319 e. The molecular formula is C14H13Cl2N3O. The second-order valence-electron chi connectivity index (χ2n) is 4.18. The first-order valence-corrected chi connectivity index (χ1v) is 6.64. The van der Waals surface area contributed by atoms with Gasteiger partial charge in [0.1, 0.15) is 0 Å². The highest BCUT2D eigenvalue weighted by molar-refractivity contribution is 6.34. The molecule has 0 spiro atoms. The molecule has 4 nitrogen and oxygen atoms in total. The Morgan fingerprint density at radius 1 is 1.15 bits per heavy atom. The van der Waals surface area contributed by atoms with Gasteiger partial charge in [-0.2, -0.15) is 0 Å². The van der Waals surface area contributed by atoms with Gasteiger partial charge in [0.25, 0.3) is 0 Å². The smallest absolute Gasteiger partial charge is 0.319 e. The standard InChI is InChI=1S/C14H13Cl2N3O/c15-10-3-1-2-9(6-10)8-18-14(20)19-13-5-4-11(17)7-12(13)16/h1-7H,8,17H2,(H2,18,19,20). The van der Waals surface area contributed by atoms with Gasteiger partial charge in [0.05, 0.1) is 10.7 Å². The van der Waals surface area contributed by atoms with Crippen LogP contribution in [0.25, 0.3) is 0 Å². The van der Waals surface area contributed by atoms with Crippen LogP contribution in [0.15, 0.2) is 42.5 Å². The van der Waals surface area contributed by atoms with Crippen molar-refractivity contribution in [3.05, 3.63) is 58.1 Å². The quantitative estimate of drug-likeness (QED) is 0.753. The number of nitrogens with one attached hydrogen (secondary N) is 2. The van der Waals surface area contributed by atoms with Crippen molar-refractivity contribution in [2.75, 3.05) is 11.1 Å². The molecule has 0 fully saturated rings. The van der Waals surface area contributed by atoms with E-state index in [1.165, 1.54) is 0 Å². The lowest BCUT2D eigenvalue weighted by molar-refractivity contribution is 0.251. The number of nitrogens with two attached hydrogens (primary N) is 1. The zero-order valence-corrected chi connectivity index (χ0v) is 12.0. The Hall–Kier alpha value is -1.91. The van der Waals surface area contributed by atoms with E-state index in [0.717, 1.165) is 5.56 Å². The summed E-state index contributed by atoms with van der Waals surface area (Å²) in [6.45, 7) is 0.374. The number of amides is 2. The van der Waals surface area contributed by atoms with Crippen molar-refractivity contribution < 1.29 is 4.79 Å². The Balaban J connectivity index is 1.92. The Morgan fingerprint density at radius 3 is 2.65 bits per heavy atom. The maximum absolute atomic E-state index is 11.8. The molecule has 0 saturated carbocycles. The fraction of sp³-hybridized carbons (Fsp3) is 0.0714. The summed E-state index contributed by atoms with van der Waals surface area (Å²) in [5.74, 6) is 0. The zero-order chi connectivity index (χ0) is 14.5. The Kier molecular flexibility index (Phi) is 4.71. The highest BCUT2D eigenvalue weighted by Crippen LogP contribution is 2.23. The molecule has 0 aliphatic heterocycles. The van der Waals surface area contributed by atoms with Crippen LogP contribution in [0.2, 0.25) is 10.0 Å². The van der Waals surface area contributed by atoms with Crippen LogP contribution in [-0.4, -0.2) is 6.03 Å². The molecule has 2 aromatic rings. The molecule has 0 heterocycles. The van der Waals surface area contributed by atoms with Crippen LogP contribution in [0.4, 0.5) is 16.2 Å². The van der Waals surface area contributed by atoms with Crippen molar-refractivity contribution in [1.82, 2.24) is 5.32 Å². The van der Waals surface area contributed by atoms with E-state index < -0.39 is 0 Å². The van der Waals surface area contributed by atoms with Crippen LogP contribution in [-0.2, 0) is 6.54 Å². The lowest BCUT2D eigenvalue weighted by atomic mass is 10.2. The van der Waals surface area contributed by atoms with E-state index in [1.807, 2.05) is 12.1 Å². The van der Waals surface area contributed by atoms with Crippen LogP contribution in [0.1, 0.15) is 5.56 Å². The van der Waals surface area contributed by atoms with Crippen molar-refractivity contribution in [3.63, 3.8) is 0 Å². The van der Waals surface area contributed by atoms with Gasteiger partial charge in [-0.1, -0.05) is 35.3 Å². The lowest BCUT2D eigenvalue weighted by Crippen LogP contribution is -2.28. The van der Waals surface area contributed by atoms with E-state index in [1.54, 1.807) is 30.3 Å². The highest BCUT2D eigenvalue weighted by atomic mass is 35.5.